The highest BCUT2D eigenvalue weighted by atomic mass is 28.4. The SMILES string of the molecule is CC[Si](CC)(CC)OC(C)(C)CCC[C@@H](CC#CC(C)(C)OC1CCCCO1)[C@H]1CC[C@H]2[C@@H]3C[C@@H](OC)[C@]45C[C@H]4CC[C@]5(C)[C@H]3CC[C@]12C. The quantitative estimate of drug-likeness (QED) is 0.134. The lowest BCUT2D eigenvalue weighted by molar-refractivity contribution is -0.199. The number of methoxy groups -OCH3 is 1. The lowest BCUT2D eigenvalue weighted by atomic mass is 9.45. The zero-order valence-corrected chi connectivity index (χ0v) is 34.7. The predicted molar refractivity (Wildman–Crippen MR) is 205 cm³/mol. The molecule has 4 nitrogen and oxygen atoms in total. The monoisotopic (exact) mass is 697 g/mol. The van der Waals surface area contributed by atoms with Gasteiger partial charge in [0, 0.05) is 25.6 Å². The van der Waals surface area contributed by atoms with Gasteiger partial charge in [0.15, 0.2) is 14.6 Å². The van der Waals surface area contributed by atoms with Gasteiger partial charge in [0.25, 0.3) is 0 Å². The van der Waals surface area contributed by atoms with Gasteiger partial charge in [0.05, 0.1) is 11.7 Å². The van der Waals surface area contributed by atoms with Crippen LogP contribution in [0.25, 0.3) is 0 Å². The number of ether oxygens (including phenoxy) is 3. The van der Waals surface area contributed by atoms with Crippen molar-refractivity contribution >= 4 is 8.32 Å². The average molecular weight is 697 g/mol. The van der Waals surface area contributed by atoms with Crippen LogP contribution in [0.5, 0.6) is 0 Å². The Kier molecular flexibility index (Phi) is 11.3. The molecule has 11 atom stereocenters. The summed E-state index contributed by atoms with van der Waals surface area (Å²) in [6.45, 7) is 22.4. The first-order valence-electron chi connectivity index (χ1n) is 21.2. The Bertz CT molecular complexity index is 1180. The third-order valence-corrected chi connectivity index (χ3v) is 21.4. The summed E-state index contributed by atoms with van der Waals surface area (Å²) in [5.41, 5.74) is 0.884. The van der Waals surface area contributed by atoms with Gasteiger partial charge in [0.1, 0.15) is 5.60 Å². The van der Waals surface area contributed by atoms with E-state index in [1.54, 1.807) is 0 Å². The zero-order valence-electron chi connectivity index (χ0n) is 33.7. The fraction of sp³-hybridized carbons (Fsp3) is 0.955. The Morgan fingerprint density at radius 2 is 1.67 bits per heavy atom. The highest BCUT2D eigenvalue weighted by Crippen LogP contribution is 2.82. The van der Waals surface area contributed by atoms with E-state index in [1.165, 1.54) is 88.8 Å². The summed E-state index contributed by atoms with van der Waals surface area (Å²) in [7, 11) is 0.383. The summed E-state index contributed by atoms with van der Waals surface area (Å²) in [6, 6.07) is 3.67. The molecule has 0 N–H and O–H groups in total. The maximum atomic E-state index is 7.09. The normalized spacial score (nSPS) is 40.8. The Labute approximate surface area is 303 Å². The van der Waals surface area contributed by atoms with E-state index in [-0.39, 0.29) is 11.9 Å². The van der Waals surface area contributed by atoms with E-state index in [0.717, 1.165) is 61.9 Å². The van der Waals surface area contributed by atoms with Gasteiger partial charge in [-0.3, -0.25) is 0 Å². The fourth-order valence-corrected chi connectivity index (χ4v) is 17.0. The van der Waals surface area contributed by atoms with Gasteiger partial charge in [-0.05, 0) is 176 Å². The van der Waals surface area contributed by atoms with Crippen molar-refractivity contribution in [1.82, 2.24) is 0 Å². The van der Waals surface area contributed by atoms with E-state index in [9.17, 15) is 0 Å². The van der Waals surface area contributed by atoms with Gasteiger partial charge in [-0.2, -0.15) is 0 Å². The third kappa shape index (κ3) is 7.04. The fourth-order valence-electron chi connectivity index (χ4n) is 13.8. The molecular weight excluding hydrogens is 621 g/mol. The Morgan fingerprint density at radius 1 is 0.918 bits per heavy atom. The first kappa shape index (κ1) is 38.3. The summed E-state index contributed by atoms with van der Waals surface area (Å²) in [6.07, 6.45) is 19.6. The number of rotatable bonds is 14. The van der Waals surface area contributed by atoms with Gasteiger partial charge in [-0.1, -0.05) is 52.9 Å². The molecule has 6 rings (SSSR count). The average Bonchev–Trinajstić information content (AvgIpc) is 3.58. The van der Waals surface area contributed by atoms with Gasteiger partial charge < -0.3 is 18.6 Å². The van der Waals surface area contributed by atoms with Crippen LogP contribution < -0.4 is 0 Å². The van der Waals surface area contributed by atoms with Crippen molar-refractivity contribution in [2.24, 2.45) is 51.8 Å². The molecule has 1 heterocycles. The molecule has 1 spiro atoms. The molecule has 0 aromatic rings. The van der Waals surface area contributed by atoms with Crippen LogP contribution >= 0.6 is 0 Å². The molecule has 0 aromatic heterocycles. The van der Waals surface area contributed by atoms with Gasteiger partial charge in [0.2, 0.25) is 0 Å². The molecule has 6 fully saturated rings. The van der Waals surface area contributed by atoms with E-state index < -0.39 is 13.9 Å². The molecule has 280 valence electrons. The first-order chi connectivity index (χ1) is 23.2. The molecule has 0 bridgehead atoms. The Morgan fingerprint density at radius 3 is 2.33 bits per heavy atom. The highest BCUT2D eigenvalue weighted by molar-refractivity contribution is 6.73. The summed E-state index contributed by atoms with van der Waals surface area (Å²) in [5.74, 6) is 12.3. The van der Waals surface area contributed by atoms with E-state index in [1.807, 2.05) is 7.11 Å². The molecule has 0 aromatic carbocycles. The molecule has 5 saturated carbocycles. The second-order valence-electron chi connectivity index (χ2n) is 19.7. The largest absolute Gasteiger partial charge is 0.412 e. The molecule has 49 heavy (non-hydrogen) atoms. The number of hydrogen-bond acceptors (Lipinski definition) is 4. The standard InChI is InChI=1S/C44H76O4Si/c1-11-49(12-2,13-3)48-41(6,7)26-17-19-32(18-16-25-40(4,5)47-39-20-14-15-29-46-39)35-21-22-36-34-30-38(45-10)44-31-33(44)23-28-43(44,9)37(34)24-27-42(35,36)8/h32-39H,11-15,17-24,26-31H2,1-10H3/t32-,33-,34+,35-,36+,37+,38-,39?,42-,43-,44+/m1/s1. The van der Waals surface area contributed by atoms with Crippen molar-refractivity contribution in [3.63, 3.8) is 0 Å². The van der Waals surface area contributed by atoms with Crippen LogP contribution in [0.2, 0.25) is 18.1 Å². The van der Waals surface area contributed by atoms with Crippen molar-refractivity contribution in [2.45, 2.75) is 200 Å². The minimum absolute atomic E-state index is 0.0505. The van der Waals surface area contributed by atoms with Crippen molar-refractivity contribution in [2.75, 3.05) is 13.7 Å². The van der Waals surface area contributed by atoms with Crippen LogP contribution in [0, 0.1) is 63.6 Å². The molecule has 0 radical (unpaired) electrons. The summed E-state index contributed by atoms with van der Waals surface area (Å²) in [5, 5.41) is 0. The van der Waals surface area contributed by atoms with Crippen LogP contribution in [-0.4, -0.2) is 45.6 Å². The van der Waals surface area contributed by atoms with Crippen LogP contribution in [0.3, 0.4) is 0 Å². The van der Waals surface area contributed by atoms with Gasteiger partial charge in [-0.25, -0.2) is 0 Å². The maximum absolute atomic E-state index is 7.09. The topological polar surface area (TPSA) is 36.9 Å². The van der Waals surface area contributed by atoms with Crippen molar-refractivity contribution in [3.05, 3.63) is 0 Å². The summed E-state index contributed by atoms with van der Waals surface area (Å²) >= 11 is 0. The lowest BCUT2D eigenvalue weighted by Crippen LogP contribution is -2.57. The van der Waals surface area contributed by atoms with E-state index >= 15 is 0 Å². The minimum atomic E-state index is -1.65. The molecule has 1 unspecified atom stereocenters. The molecule has 1 saturated heterocycles. The van der Waals surface area contributed by atoms with Gasteiger partial charge in [-0.15, -0.1) is 0 Å². The highest BCUT2D eigenvalue weighted by Gasteiger charge is 2.77. The van der Waals surface area contributed by atoms with Crippen LogP contribution in [0.4, 0.5) is 0 Å². The summed E-state index contributed by atoms with van der Waals surface area (Å²) < 4.78 is 25.9. The van der Waals surface area contributed by atoms with E-state index in [4.69, 9.17) is 18.6 Å². The molecule has 6 aliphatic rings. The molecule has 1 aliphatic heterocycles. The van der Waals surface area contributed by atoms with Crippen LogP contribution in [0.1, 0.15) is 159 Å². The van der Waals surface area contributed by atoms with Crippen LogP contribution in [-0.2, 0) is 18.6 Å². The first-order valence-corrected chi connectivity index (χ1v) is 23.8. The number of fused-ring (bicyclic) bond motifs is 4. The lowest BCUT2D eigenvalue weighted by Gasteiger charge is -2.61. The molecule has 5 heteroatoms. The van der Waals surface area contributed by atoms with Crippen LogP contribution in [0.15, 0.2) is 0 Å². The second kappa shape index (κ2) is 14.5. The smallest absolute Gasteiger partial charge is 0.192 e. The van der Waals surface area contributed by atoms with Crippen molar-refractivity contribution in [1.29, 1.82) is 0 Å². The molecule has 0 amide bonds. The predicted octanol–water partition coefficient (Wildman–Crippen LogP) is 11.6. The van der Waals surface area contributed by atoms with Crippen molar-refractivity contribution < 1.29 is 18.6 Å². The molecular formula is C44H76O4Si. The maximum Gasteiger partial charge on any atom is 0.192 e. The Hall–Kier alpha value is -0.383. The van der Waals surface area contributed by atoms with Gasteiger partial charge >= 0.3 is 0 Å². The third-order valence-electron chi connectivity index (χ3n) is 16.6. The second-order valence-corrected chi connectivity index (χ2v) is 24.3. The minimum Gasteiger partial charge on any atom is -0.412 e. The van der Waals surface area contributed by atoms with Crippen molar-refractivity contribution in [3.8, 4) is 11.8 Å². The number of hydrogen-bond donors (Lipinski definition) is 0. The molecule has 5 aliphatic carbocycles. The van der Waals surface area contributed by atoms with E-state index in [0.29, 0.717) is 28.3 Å². The zero-order chi connectivity index (χ0) is 35.3. The van der Waals surface area contributed by atoms with E-state index in [2.05, 4.69) is 74.2 Å². The summed E-state index contributed by atoms with van der Waals surface area (Å²) in [4.78, 5) is 0. The Balaban J connectivity index is 1.19.